The Labute approximate surface area is 83.0 Å². The lowest BCUT2D eigenvalue weighted by Crippen LogP contribution is -2.68. The Hall–Kier alpha value is 0.0969. The van der Waals surface area contributed by atoms with Gasteiger partial charge in [0.1, 0.15) is 0 Å². The monoisotopic (exact) mass is 200 g/mol. The molecule has 1 saturated heterocycles. The molecule has 0 spiro atoms. The first kappa shape index (κ1) is 9.64. The minimum absolute atomic E-state index is 0.118. The molecule has 13 heavy (non-hydrogen) atoms. The maximum absolute atomic E-state index is 5.45. The summed E-state index contributed by atoms with van der Waals surface area (Å²) in [6.07, 6.45) is 7.42. The van der Waals surface area contributed by atoms with Gasteiger partial charge in [0.15, 0.2) is 16.2 Å². The van der Waals surface area contributed by atoms with E-state index in [1.165, 1.54) is 32.1 Å². The zero-order chi connectivity index (χ0) is 9.26. The average Bonchev–Trinajstić information content (AvgIpc) is 2.16. The Balaban J connectivity index is 1.86. The molecule has 76 valence electrons. The number of hydrogen-bond acceptors (Lipinski definition) is 3. The van der Waals surface area contributed by atoms with Crippen molar-refractivity contribution in [1.29, 1.82) is 0 Å². The highest BCUT2D eigenvalue weighted by atomic mass is 28.2. The van der Waals surface area contributed by atoms with Crippen LogP contribution in [0.2, 0.25) is 0 Å². The second kappa shape index (κ2) is 4.08. The molecule has 1 aliphatic carbocycles. The molecule has 0 aromatic heterocycles. The molecule has 1 heterocycles. The summed E-state index contributed by atoms with van der Waals surface area (Å²) in [7, 11) is 3.89. The number of methoxy groups -OCH3 is 1. The largest absolute Gasteiger partial charge is 0.354 e. The SMILES string of the molecule is COC1N(C)[SiH2]N1C1CCCCC1. The van der Waals surface area contributed by atoms with Crippen molar-refractivity contribution >= 4 is 9.84 Å². The molecule has 0 aromatic carbocycles. The fourth-order valence-corrected chi connectivity index (χ4v) is 4.45. The van der Waals surface area contributed by atoms with E-state index >= 15 is 0 Å². The van der Waals surface area contributed by atoms with Gasteiger partial charge in [-0.3, -0.25) is 9.13 Å². The second-order valence-corrected chi connectivity index (χ2v) is 6.28. The smallest absolute Gasteiger partial charge is 0.179 e. The molecule has 2 fully saturated rings. The lowest BCUT2D eigenvalue weighted by atomic mass is 9.95. The van der Waals surface area contributed by atoms with Crippen LogP contribution in [0.3, 0.4) is 0 Å². The van der Waals surface area contributed by atoms with E-state index in [9.17, 15) is 0 Å². The normalized spacial score (nSPS) is 35.1. The summed E-state index contributed by atoms with van der Waals surface area (Å²) in [6.45, 7) is 0. The van der Waals surface area contributed by atoms with Crippen LogP contribution in [0.5, 0.6) is 0 Å². The van der Waals surface area contributed by atoms with Crippen LogP contribution < -0.4 is 0 Å². The Morgan fingerprint density at radius 2 is 1.92 bits per heavy atom. The van der Waals surface area contributed by atoms with Crippen LogP contribution in [-0.2, 0) is 4.74 Å². The maximum Gasteiger partial charge on any atom is 0.179 e. The third-order valence-corrected chi connectivity index (χ3v) is 5.22. The summed E-state index contributed by atoms with van der Waals surface area (Å²) in [5.41, 5.74) is 0. The van der Waals surface area contributed by atoms with Crippen molar-refractivity contribution in [3.05, 3.63) is 0 Å². The molecule has 2 aliphatic rings. The quantitative estimate of drug-likeness (QED) is 0.604. The fraction of sp³-hybridized carbons (Fsp3) is 1.00. The van der Waals surface area contributed by atoms with Crippen molar-refractivity contribution in [2.45, 2.75) is 44.5 Å². The van der Waals surface area contributed by atoms with E-state index in [2.05, 4.69) is 16.2 Å². The minimum Gasteiger partial charge on any atom is -0.354 e. The third-order valence-electron chi connectivity index (χ3n) is 3.30. The summed E-state index contributed by atoms with van der Waals surface area (Å²) in [5, 5.41) is 0. The van der Waals surface area contributed by atoms with E-state index in [0.29, 0.717) is 6.35 Å². The van der Waals surface area contributed by atoms with Crippen molar-refractivity contribution in [1.82, 2.24) is 9.13 Å². The van der Waals surface area contributed by atoms with Gasteiger partial charge in [0.2, 0.25) is 0 Å². The molecule has 0 N–H and O–H groups in total. The van der Waals surface area contributed by atoms with Gasteiger partial charge in [0, 0.05) is 13.2 Å². The molecule has 3 nitrogen and oxygen atoms in total. The van der Waals surface area contributed by atoms with Gasteiger partial charge in [-0.05, 0) is 19.9 Å². The Kier molecular flexibility index (Phi) is 3.03. The summed E-state index contributed by atoms with van der Waals surface area (Å²) in [4.78, 5) is 0. The first-order chi connectivity index (χ1) is 6.33. The molecule has 0 bridgehead atoms. The van der Waals surface area contributed by atoms with Gasteiger partial charge in [-0.15, -0.1) is 0 Å². The van der Waals surface area contributed by atoms with Crippen molar-refractivity contribution in [3.63, 3.8) is 0 Å². The number of hydrogen-bond donors (Lipinski definition) is 0. The standard InChI is InChI=1S/C9H20N2OSi/c1-10-9(12-2)11(13-10)8-6-4-3-5-7-8/h8-9H,3-7,13H2,1-2H3. The van der Waals surface area contributed by atoms with Gasteiger partial charge in [0.05, 0.1) is 0 Å². The molecular formula is C9H20N2OSi. The topological polar surface area (TPSA) is 15.7 Å². The van der Waals surface area contributed by atoms with Crippen LogP contribution in [0, 0.1) is 0 Å². The molecule has 1 atom stereocenters. The fourth-order valence-electron chi connectivity index (χ4n) is 2.58. The first-order valence-electron chi connectivity index (χ1n) is 5.31. The minimum atomic E-state index is -0.118. The molecule has 0 aromatic rings. The van der Waals surface area contributed by atoms with Crippen molar-refractivity contribution in [2.75, 3.05) is 14.2 Å². The average molecular weight is 200 g/mol. The van der Waals surface area contributed by atoms with Crippen LogP contribution in [0.25, 0.3) is 0 Å². The number of rotatable bonds is 2. The van der Waals surface area contributed by atoms with Crippen molar-refractivity contribution in [2.24, 2.45) is 0 Å². The molecule has 0 amide bonds. The van der Waals surface area contributed by atoms with E-state index in [1.54, 1.807) is 0 Å². The lowest BCUT2D eigenvalue weighted by Gasteiger charge is -2.52. The molecule has 4 heteroatoms. The molecular weight excluding hydrogens is 180 g/mol. The highest BCUT2D eigenvalue weighted by Crippen LogP contribution is 2.28. The van der Waals surface area contributed by atoms with Crippen molar-refractivity contribution < 1.29 is 4.74 Å². The maximum atomic E-state index is 5.45. The van der Waals surface area contributed by atoms with Gasteiger partial charge >= 0.3 is 0 Å². The van der Waals surface area contributed by atoms with Crippen LogP contribution in [0.15, 0.2) is 0 Å². The molecule has 2 rings (SSSR count). The second-order valence-electron chi connectivity index (χ2n) is 4.27. The van der Waals surface area contributed by atoms with Gasteiger partial charge in [-0.1, -0.05) is 19.3 Å². The molecule has 1 saturated carbocycles. The van der Waals surface area contributed by atoms with Gasteiger partial charge in [0.25, 0.3) is 0 Å². The van der Waals surface area contributed by atoms with E-state index in [1.807, 2.05) is 7.11 Å². The first-order valence-corrected chi connectivity index (χ1v) is 6.58. The zero-order valence-corrected chi connectivity index (χ0v) is 10.1. The number of nitrogens with zero attached hydrogens (tertiary/aromatic N) is 2. The van der Waals surface area contributed by atoms with Crippen LogP contribution >= 0.6 is 0 Å². The summed E-state index contributed by atoms with van der Waals surface area (Å²) in [5.74, 6) is 0. The van der Waals surface area contributed by atoms with Gasteiger partial charge < -0.3 is 4.74 Å². The van der Waals surface area contributed by atoms with Crippen LogP contribution in [-0.4, -0.2) is 45.5 Å². The lowest BCUT2D eigenvalue weighted by molar-refractivity contribution is -0.123. The molecule has 0 radical (unpaired) electrons. The Morgan fingerprint density at radius 1 is 1.23 bits per heavy atom. The molecule has 1 aliphatic heterocycles. The van der Waals surface area contributed by atoms with Crippen LogP contribution in [0.4, 0.5) is 0 Å². The summed E-state index contributed by atoms with van der Waals surface area (Å²) >= 11 is 0. The summed E-state index contributed by atoms with van der Waals surface area (Å²) in [6, 6.07) is 0.849. The Morgan fingerprint density at radius 3 is 2.46 bits per heavy atom. The zero-order valence-electron chi connectivity index (χ0n) is 8.70. The van der Waals surface area contributed by atoms with Crippen LogP contribution in [0.1, 0.15) is 32.1 Å². The van der Waals surface area contributed by atoms with E-state index in [0.717, 1.165) is 6.04 Å². The third kappa shape index (κ3) is 1.81. The predicted molar refractivity (Wildman–Crippen MR) is 55.8 cm³/mol. The van der Waals surface area contributed by atoms with Crippen molar-refractivity contribution in [3.8, 4) is 0 Å². The van der Waals surface area contributed by atoms with Gasteiger partial charge in [-0.2, -0.15) is 0 Å². The van der Waals surface area contributed by atoms with E-state index in [-0.39, 0.29) is 9.84 Å². The highest BCUT2D eigenvalue weighted by Gasteiger charge is 2.38. The predicted octanol–water partition coefficient (Wildman–Crippen LogP) is 0.495. The van der Waals surface area contributed by atoms with E-state index < -0.39 is 0 Å². The van der Waals surface area contributed by atoms with Gasteiger partial charge in [-0.25, -0.2) is 0 Å². The van der Waals surface area contributed by atoms with E-state index in [4.69, 9.17) is 4.74 Å². The molecule has 1 unspecified atom stereocenters. The summed E-state index contributed by atoms with van der Waals surface area (Å²) < 4.78 is 10.5. The highest BCUT2D eigenvalue weighted by molar-refractivity contribution is 6.31. The Bertz CT molecular complexity index is 173. The number of ether oxygens (including phenoxy) is 1.